The lowest BCUT2D eigenvalue weighted by atomic mass is 10.1. The first-order valence-corrected chi connectivity index (χ1v) is 7.45. The summed E-state index contributed by atoms with van der Waals surface area (Å²) in [6, 6.07) is 0. The van der Waals surface area contributed by atoms with Crippen LogP contribution < -0.4 is 5.32 Å². The maximum Gasteiger partial charge on any atom is 0.253 e. The molecule has 1 rings (SSSR count). The van der Waals surface area contributed by atoms with E-state index < -0.39 is 0 Å². The molecule has 1 N–H and O–H groups in total. The van der Waals surface area contributed by atoms with Crippen molar-refractivity contribution in [3.05, 3.63) is 12.2 Å². The molecule has 0 aromatic rings. The van der Waals surface area contributed by atoms with Crippen molar-refractivity contribution in [3.63, 3.8) is 0 Å². The number of amides is 3. The largest absolute Gasteiger partial charge is 0.356 e. The zero-order chi connectivity index (χ0) is 14.8. The Bertz CT molecular complexity index is 359. The molecule has 0 aromatic carbocycles. The molecule has 0 bridgehead atoms. The van der Waals surface area contributed by atoms with Crippen molar-refractivity contribution < 1.29 is 14.4 Å². The standard InChI is InChI=1S/C15H24N2O3/c1-2-3-6-11-16-13(18)8-5-4-7-12-17-14(19)9-10-15(17)20/h9-10H,2-8,11-12H2,1H3,(H,16,18). The van der Waals surface area contributed by atoms with Gasteiger partial charge in [0, 0.05) is 31.7 Å². The maximum absolute atomic E-state index is 11.5. The summed E-state index contributed by atoms with van der Waals surface area (Å²) in [6.07, 6.45) is 8.84. The van der Waals surface area contributed by atoms with E-state index >= 15 is 0 Å². The van der Waals surface area contributed by atoms with Gasteiger partial charge in [0.25, 0.3) is 11.8 Å². The van der Waals surface area contributed by atoms with Gasteiger partial charge in [-0.25, -0.2) is 0 Å². The normalized spacial score (nSPS) is 14.2. The molecule has 0 atom stereocenters. The van der Waals surface area contributed by atoms with Crippen molar-refractivity contribution in [2.45, 2.75) is 51.9 Å². The summed E-state index contributed by atoms with van der Waals surface area (Å²) in [5.74, 6) is -0.372. The van der Waals surface area contributed by atoms with Gasteiger partial charge in [0.1, 0.15) is 0 Å². The molecule has 0 aliphatic carbocycles. The predicted molar refractivity (Wildman–Crippen MR) is 76.9 cm³/mol. The number of nitrogens with one attached hydrogen (secondary N) is 1. The van der Waals surface area contributed by atoms with E-state index in [1.807, 2.05) is 0 Å². The van der Waals surface area contributed by atoms with Crippen molar-refractivity contribution in [2.24, 2.45) is 0 Å². The van der Waals surface area contributed by atoms with Gasteiger partial charge in [-0.05, 0) is 19.3 Å². The Labute approximate surface area is 120 Å². The van der Waals surface area contributed by atoms with Crippen LogP contribution in [0.2, 0.25) is 0 Å². The number of nitrogens with zero attached hydrogens (tertiary/aromatic N) is 1. The summed E-state index contributed by atoms with van der Waals surface area (Å²) >= 11 is 0. The Balaban J connectivity index is 1.98. The number of imide groups is 1. The van der Waals surface area contributed by atoms with Crippen LogP contribution in [0.4, 0.5) is 0 Å². The van der Waals surface area contributed by atoms with Gasteiger partial charge >= 0.3 is 0 Å². The molecular formula is C15H24N2O3. The van der Waals surface area contributed by atoms with Gasteiger partial charge in [0.05, 0.1) is 0 Å². The lowest BCUT2D eigenvalue weighted by Crippen LogP contribution is -2.30. The smallest absolute Gasteiger partial charge is 0.253 e. The molecule has 1 aliphatic heterocycles. The Morgan fingerprint density at radius 3 is 2.40 bits per heavy atom. The molecule has 5 nitrogen and oxygen atoms in total. The molecule has 0 aromatic heterocycles. The molecule has 0 fully saturated rings. The van der Waals surface area contributed by atoms with E-state index in [4.69, 9.17) is 0 Å². The fourth-order valence-electron chi connectivity index (χ4n) is 2.07. The first-order chi connectivity index (χ1) is 9.65. The van der Waals surface area contributed by atoms with Crippen molar-refractivity contribution in [1.82, 2.24) is 10.2 Å². The highest BCUT2D eigenvalue weighted by atomic mass is 16.2. The third kappa shape index (κ3) is 5.99. The molecule has 112 valence electrons. The van der Waals surface area contributed by atoms with Crippen LogP contribution in [0, 0.1) is 0 Å². The van der Waals surface area contributed by atoms with Gasteiger partial charge in [-0.15, -0.1) is 0 Å². The van der Waals surface area contributed by atoms with E-state index in [9.17, 15) is 14.4 Å². The van der Waals surface area contributed by atoms with Gasteiger partial charge in [-0.3, -0.25) is 19.3 Å². The molecule has 1 aliphatic rings. The predicted octanol–water partition coefficient (Wildman–Crippen LogP) is 1.78. The van der Waals surface area contributed by atoms with Gasteiger partial charge in [-0.2, -0.15) is 0 Å². The SMILES string of the molecule is CCCCCNC(=O)CCCCCN1C(=O)C=CC1=O. The van der Waals surface area contributed by atoms with Crippen LogP contribution >= 0.6 is 0 Å². The maximum atomic E-state index is 11.5. The zero-order valence-electron chi connectivity index (χ0n) is 12.2. The molecular weight excluding hydrogens is 256 g/mol. The number of hydrogen-bond acceptors (Lipinski definition) is 3. The summed E-state index contributed by atoms with van der Waals surface area (Å²) in [5, 5.41) is 2.90. The van der Waals surface area contributed by atoms with Crippen LogP contribution in [-0.4, -0.2) is 35.7 Å². The number of hydrogen-bond donors (Lipinski definition) is 1. The van der Waals surface area contributed by atoms with Gasteiger partial charge in [0.15, 0.2) is 0 Å². The highest BCUT2D eigenvalue weighted by Gasteiger charge is 2.22. The van der Waals surface area contributed by atoms with E-state index in [1.54, 1.807) is 0 Å². The second kappa shape index (κ2) is 9.28. The third-order valence-corrected chi connectivity index (χ3v) is 3.29. The third-order valence-electron chi connectivity index (χ3n) is 3.29. The summed E-state index contributed by atoms with van der Waals surface area (Å²) in [4.78, 5) is 35.3. The lowest BCUT2D eigenvalue weighted by molar-refractivity contribution is -0.136. The van der Waals surface area contributed by atoms with Crippen molar-refractivity contribution in [3.8, 4) is 0 Å². The molecule has 20 heavy (non-hydrogen) atoms. The van der Waals surface area contributed by atoms with Crippen molar-refractivity contribution in [2.75, 3.05) is 13.1 Å². The average molecular weight is 280 g/mol. The van der Waals surface area contributed by atoms with Crippen LogP contribution in [0.15, 0.2) is 12.2 Å². The van der Waals surface area contributed by atoms with Gasteiger partial charge in [0.2, 0.25) is 5.91 Å². The summed E-state index contributed by atoms with van der Waals surface area (Å²) in [5.41, 5.74) is 0. The number of unbranched alkanes of at least 4 members (excludes halogenated alkanes) is 4. The van der Waals surface area contributed by atoms with Gasteiger partial charge in [-0.1, -0.05) is 26.2 Å². The Morgan fingerprint density at radius 2 is 1.75 bits per heavy atom. The topological polar surface area (TPSA) is 66.5 Å². The van der Waals surface area contributed by atoms with E-state index in [1.165, 1.54) is 17.1 Å². The monoisotopic (exact) mass is 280 g/mol. The quantitative estimate of drug-likeness (QED) is 0.490. The first kappa shape index (κ1) is 16.4. The van der Waals surface area contributed by atoms with Crippen LogP contribution in [0.25, 0.3) is 0 Å². The average Bonchev–Trinajstić information content (AvgIpc) is 2.74. The fraction of sp³-hybridized carbons (Fsp3) is 0.667. The minimum absolute atomic E-state index is 0.0936. The minimum Gasteiger partial charge on any atom is -0.356 e. The second-order valence-corrected chi connectivity index (χ2v) is 5.03. The summed E-state index contributed by atoms with van der Waals surface area (Å²) in [6.45, 7) is 3.34. The highest BCUT2D eigenvalue weighted by molar-refractivity contribution is 6.12. The summed E-state index contributed by atoms with van der Waals surface area (Å²) < 4.78 is 0. The number of carbonyl (C=O) groups is 3. The van der Waals surface area contributed by atoms with Crippen LogP contribution in [-0.2, 0) is 14.4 Å². The molecule has 0 unspecified atom stereocenters. The van der Waals surface area contributed by atoms with E-state index in [0.717, 1.165) is 45.1 Å². The van der Waals surface area contributed by atoms with E-state index in [2.05, 4.69) is 12.2 Å². The minimum atomic E-state index is -0.233. The zero-order valence-corrected chi connectivity index (χ0v) is 12.2. The van der Waals surface area contributed by atoms with Gasteiger partial charge < -0.3 is 5.32 Å². The highest BCUT2D eigenvalue weighted by Crippen LogP contribution is 2.07. The van der Waals surface area contributed by atoms with Crippen molar-refractivity contribution in [1.29, 1.82) is 0 Å². The Morgan fingerprint density at radius 1 is 1.05 bits per heavy atom. The molecule has 0 saturated heterocycles. The van der Waals surface area contributed by atoms with Crippen LogP contribution in [0.5, 0.6) is 0 Å². The molecule has 3 amide bonds. The summed E-state index contributed by atoms with van der Waals surface area (Å²) in [7, 11) is 0. The van der Waals surface area contributed by atoms with E-state index in [0.29, 0.717) is 13.0 Å². The second-order valence-electron chi connectivity index (χ2n) is 5.03. The molecule has 0 saturated carbocycles. The first-order valence-electron chi connectivity index (χ1n) is 7.45. The fourth-order valence-corrected chi connectivity index (χ4v) is 2.07. The van der Waals surface area contributed by atoms with Crippen LogP contribution in [0.1, 0.15) is 51.9 Å². The van der Waals surface area contributed by atoms with Crippen LogP contribution in [0.3, 0.4) is 0 Å². The molecule has 1 heterocycles. The Hall–Kier alpha value is -1.65. The Kier molecular flexibility index (Phi) is 7.62. The molecule has 0 spiro atoms. The lowest BCUT2D eigenvalue weighted by Gasteiger charge is -2.13. The van der Waals surface area contributed by atoms with E-state index in [-0.39, 0.29) is 17.7 Å². The molecule has 0 radical (unpaired) electrons. The molecule has 5 heteroatoms. The number of rotatable bonds is 10. The number of carbonyl (C=O) groups excluding carboxylic acids is 3. The van der Waals surface area contributed by atoms with Crippen molar-refractivity contribution >= 4 is 17.7 Å².